The molecule has 3 heteroatoms. The molecule has 0 aromatic rings. The minimum atomic E-state index is -0.795. The molecule has 0 aliphatic carbocycles. The van der Waals surface area contributed by atoms with Crippen molar-refractivity contribution in [2.24, 2.45) is 5.92 Å². The van der Waals surface area contributed by atoms with E-state index in [0.29, 0.717) is 13.0 Å². The van der Waals surface area contributed by atoms with Crippen LogP contribution in [0.25, 0.3) is 0 Å². The zero-order valence-corrected chi connectivity index (χ0v) is 5.31. The maximum atomic E-state index is 12.6. The first-order valence-corrected chi connectivity index (χ1v) is 3.30. The van der Waals surface area contributed by atoms with Crippen molar-refractivity contribution < 1.29 is 9.50 Å². The lowest BCUT2D eigenvalue weighted by atomic mass is 9.99. The molecule has 54 valence electrons. The molecule has 0 bridgehead atoms. The number of hydrogen-bond acceptors (Lipinski definition) is 2. The molecular formula is C6H12FNO. The molecule has 2 nitrogen and oxygen atoms in total. The SMILES string of the molecule is OCC1CNCCC1F. The fraction of sp³-hybridized carbons (Fsp3) is 1.00. The Bertz CT molecular complexity index is 89.1. The lowest BCUT2D eigenvalue weighted by Gasteiger charge is -2.24. The second-order valence-electron chi connectivity index (χ2n) is 2.45. The molecule has 1 heterocycles. The van der Waals surface area contributed by atoms with Crippen LogP contribution in [-0.4, -0.2) is 31.0 Å². The molecule has 0 radical (unpaired) electrons. The lowest BCUT2D eigenvalue weighted by Crippen LogP contribution is -2.39. The largest absolute Gasteiger partial charge is 0.396 e. The highest BCUT2D eigenvalue weighted by Gasteiger charge is 2.22. The number of nitrogens with one attached hydrogen (secondary N) is 1. The molecule has 0 amide bonds. The number of alkyl halides is 1. The van der Waals surface area contributed by atoms with E-state index >= 15 is 0 Å². The third kappa shape index (κ3) is 1.63. The average Bonchev–Trinajstić information content (AvgIpc) is 1.89. The van der Waals surface area contributed by atoms with Gasteiger partial charge in [0.1, 0.15) is 6.17 Å². The van der Waals surface area contributed by atoms with Crippen LogP contribution < -0.4 is 5.32 Å². The summed E-state index contributed by atoms with van der Waals surface area (Å²) in [7, 11) is 0. The number of rotatable bonds is 1. The Morgan fingerprint density at radius 1 is 1.67 bits per heavy atom. The van der Waals surface area contributed by atoms with Crippen molar-refractivity contribution in [1.29, 1.82) is 0 Å². The Hall–Kier alpha value is -0.150. The van der Waals surface area contributed by atoms with Crippen molar-refractivity contribution in [3.63, 3.8) is 0 Å². The highest BCUT2D eigenvalue weighted by molar-refractivity contribution is 4.76. The van der Waals surface area contributed by atoms with Crippen LogP contribution in [-0.2, 0) is 0 Å². The molecule has 0 aromatic carbocycles. The van der Waals surface area contributed by atoms with Gasteiger partial charge in [-0.15, -0.1) is 0 Å². The monoisotopic (exact) mass is 133 g/mol. The predicted molar refractivity (Wildman–Crippen MR) is 33.0 cm³/mol. The van der Waals surface area contributed by atoms with Crippen molar-refractivity contribution in [2.45, 2.75) is 12.6 Å². The Balaban J connectivity index is 2.30. The van der Waals surface area contributed by atoms with E-state index in [1.165, 1.54) is 0 Å². The molecule has 1 aliphatic rings. The second-order valence-corrected chi connectivity index (χ2v) is 2.45. The molecule has 2 atom stereocenters. The van der Waals surface area contributed by atoms with E-state index in [1.807, 2.05) is 0 Å². The number of piperidine rings is 1. The summed E-state index contributed by atoms with van der Waals surface area (Å²) in [5.74, 6) is -0.168. The molecule has 9 heavy (non-hydrogen) atoms. The molecular weight excluding hydrogens is 121 g/mol. The number of aliphatic hydroxyl groups excluding tert-OH is 1. The minimum absolute atomic E-state index is 0.0336. The molecule has 1 saturated heterocycles. The van der Waals surface area contributed by atoms with Crippen molar-refractivity contribution in [3.05, 3.63) is 0 Å². The summed E-state index contributed by atoms with van der Waals surface area (Å²) in [5.41, 5.74) is 0. The summed E-state index contributed by atoms with van der Waals surface area (Å²) in [5, 5.41) is 11.6. The smallest absolute Gasteiger partial charge is 0.108 e. The quantitative estimate of drug-likeness (QED) is 0.524. The molecule has 1 fully saturated rings. The van der Waals surface area contributed by atoms with Crippen LogP contribution in [0.15, 0.2) is 0 Å². The van der Waals surface area contributed by atoms with E-state index in [0.717, 1.165) is 6.54 Å². The number of hydrogen-bond donors (Lipinski definition) is 2. The third-order valence-electron chi connectivity index (χ3n) is 1.75. The summed E-state index contributed by atoms with van der Waals surface area (Å²) in [4.78, 5) is 0. The van der Waals surface area contributed by atoms with Crippen molar-refractivity contribution in [2.75, 3.05) is 19.7 Å². The first-order chi connectivity index (χ1) is 4.34. The second kappa shape index (κ2) is 3.13. The van der Waals surface area contributed by atoms with E-state index < -0.39 is 6.17 Å². The van der Waals surface area contributed by atoms with Crippen LogP contribution in [0.1, 0.15) is 6.42 Å². The van der Waals surface area contributed by atoms with Gasteiger partial charge in [0.25, 0.3) is 0 Å². The maximum Gasteiger partial charge on any atom is 0.108 e. The molecule has 2 unspecified atom stereocenters. The van der Waals surface area contributed by atoms with Gasteiger partial charge in [-0.25, -0.2) is 4.39 Å². The van der Waals surface area contributed by atoms with Crippen LogP contribution in [0.3, 0.4) is 0 Å². The van der Waals surface area contributed by atoms with Gasteiger partial charge in [-0.3, -0.25) is 0 Å². The minimum Gasteiger partial charge on any atom is -0.396 e. The fourth-order valence-electron chi connectivity index (χ4n) is 1.07. The van der Waals surface area contributed by atoms with Gasteiger partial charge < -0.3 is 10.4 Å². The zero-order chi connectivity index (χ0) is 6.69. The van der Waals surface area contributed by atoms with Crippen molar-refractivity contribution in [3.8, 4) is 0 Å². The van der Waals surface area contributed by atoms with Gasteiger partial charge in [-0.05, 0) is 13.0 Å². The van der Waals surface area contributed by atoms with Crippen LogP contribution in [0.4, 0.5) is 4.39 Å². The summed E-state index contributed by atoms with van der Waals surface area (Å²) >= 11 is 0. The predicted octanol–water partition coefficient (Wildman–Crippen LogP) is -0.0737. The Kier molecular flexibility index (Phi) is 2.42. The maximum absolute atomic E-state index is 12.6. The van der Waals surface area contributed by atoms with Crippen LogP contribution in [0.5, 0.6) is 0 Å². The molecule has 1 rings (SSSR count). The molecule has 0 spiro atoms. The Morgan fingerprint density at radius 2 is 2.44 bits per heavy atom. The van der Waals surface area contributed by atoms with E-state index in [2.05, 4.69) is 5.32 Å². The highest BCUT2D eigenvalue weighted by atomic mass is 19.1. The summed E-state index contributed by atoms with van der Waals surface area (Å²) < 4.78 is 12.6. The normalized spacial score (nSPS) is 36.7. The van der Waals surface area contributed by atoms with E-state index in [-0.39, 0.29) is 12.5 Å². The van der Waals surface area contributed by atoms with E-state index in [1.54, 1.807) is 0 Å². The molecule has 0 saturated carbocycles. The number of aliphatic hydroxyl groups is 1. The zero-order valence-electron chi connectivity index (χ0n) is 5.31. The van der Waals surface area contributed by atoms with Crippen LogP contribution >= 0.6 is 0 Å². The Labute approximate surface area is 54.1 Å². The topological polar surface area (TPSA) is 32.3 Å². The van der Waals surface area contributed by atoms with Crippen LogP contribution in [0, 0.1) is 5.92 Å². The van der Waals surface area contributed by atoms with Gasteiger partial charge in [0, 0.05) is 19.1 Å². The van der Waals surface area contributed by atoms with Gasteiger partial charge in [0.2, 0.25) is 0 Å². The van der Waals surface area contributed by atoms with Gasteiger partial charge in [0.05, 0.1) is 0 Å². The number of halogens is 1. The fourth-order valence-corrected chi connectivity index (χ4v) is 1.07. The molecule has 0 aromatic heterocycles. The summed E-state index contributed by atoms with van der Waals surface area (Å²) in [6.45, 7) is 1.34. The summed E-state index contributed by atoms with van der Waals surface area (Å²) in [6, 6.07) is 0. The van der Waals surface area contributed by atoms with E-state index in [9.17, 15) is 4.39 Å². The first-order valence-electron chi connectivity index (χ1n) is 3.30. The van der Waals surface area contributed by atoms with Gasteiger partial charge >= 0.3 is 0 Å². The standard InChI is InChI=1S/C6H12FNO/c7-6-1-2-8-3-5(6)4-9/h5-6,8-9H,1-4H2. The Morgan fingerprint density at radius 3 is 2.89 bits per heavy atom. The third-order valence-corrected chi connectivity index (χ3v) is 1.75. The van der Waals surface area contributed by atoms with Gasteiger partial charge in [0.15, 0.2) is 0 Å². The van der Waals surface area contributed by atoms with E-state index in [4.69, 9.17) is 5.11 Å². The van der Waals surface area contributed by atoms with Gasteiger partial charge in [-0.2, -0.15) is 0 Å². The van der Waals surface area contributed by atoms with Crippen molar-refractivity contribution in [1.82, 2.24) is 5.32 Å². The molecule has 2 N–H and O–H groups in total. The molecule has 1 aliphatic heterocycles. The summed E-state index contributed by atoms with van der Waals surface area (Å²) in [6.07, 6.45) is -0.248. The van der Waals surface area contributed by atoms with Gasteiger partial charge in [-0.1, -0.05) is 0 Å². The van der Waals surface area contributed by atoms with Crippen molar-refractivity contribution >= 4 is 0 Å². The average molecular weight is 133 g/mol. The highest BCUT2D eigenvalue weighted by Crippen LogP contribution is 2.13. The van der Waals surface area contributed by atoms with Crippen LogP contribution in [0.2, 0.25) is 0 Å². The lowest BCUT2D eigenvalue weighted by molar-refractivity contribution is 0.111. The first kappa shape index (κ1) is 6.96.